The molecule has 1 fully saturated rings. The minimum absolute atomic E-state index is 0.894. The van der Waals surface area contributed by atoms with E-state index in [1.807, 2.05) is 0 Å². The molecule has 0 bridgehead atoms. The molecule has 0 heterocycles. The molecule has 1 saturated carbocycles. The summed E-state index contributed by atoms with van der Waals surface area (Å²) in [5, 5.41) is 3.44. The molecule has 0 spiro atoms. The Morgan fingerprint density at radius 3 is 2.69 bits per heavy atom. The smallest absolute Gasteiger partial charge is 0.00179 e. The van der Waals surface area contributed by atoms with Crippen molar-refractivity contribution in [2.75, 3.05) is 13.1 Å². The standard InChI is InChI=1S/C12H25N/c1-4-13-9-12-8-11(12)7-5-6-10(2)3/h10-13H,4-9H2,1-3H3/t11-,12+/m1/s1. The predicted octanol–water partition coefficient (Wildman–Crippen LogP) is 3.06. The fourth-order valence-electron chi connectivity index (χ4n) is 2.03. The molecule has 0 aliphatic heterocycles. The molecule has 1 nitrogen and oxygen atoms in total. The predicted molar refractivity (Wildman–Crippen MR) is 58.8 cm³/mol. The molecule has 0 unspecified atom stereocenters. The molecule has 2 atom stereocenters. The normalized spacial score (nSPS) is 26.8. The van der Waals surface area contributed by atoms with Gasteiger partial charge in [-0.25, -0.2) is 0 Å². The summed E-state index contributed by atoms with van der Waals surface area (Å²) >= 11 is 0. The van der Waals surface area contributed by atoms with Crippen molar-refractivity contribution in [3.63, 3.8) is 0 Å². The van der Waals surface area contributed by atoms with Crippen LogP contribution in [0.25, 0.3) is 0 Å². The molecule has 0 aromatic rings. The molecule has 0 radical (unpaired) electrons. The Morgan fingerprint density at radius 2 is 2.08 bits per heavy atom. The van der Waals surface area contributed by atoms with Crippen LogP contribution in [0.5, 0.6) is 0 Å². The maximum atomic E-state index is 3.44. The Labute approximate surface area is 83.3 Å². The van der Waals surface area contributed by atoms with Gasteiger partial charge in [0.2, 0.25) is 0 Å². The highest BCUT2D eigenvalue weighted by molar-refractivity contribution is 4.87. The second kappa shape index (κ2) is 5.64. The van der Waals surface area contributed by atoms with Gasteiger partial charge in [-0.3, -0.25) is 0 Å². The first kappa shape index (κ1) is 11.0. The van der Waals surface area contributed by atoms with E-state index in [4.69, 9.17) is 0 Å². The van der Waals surface area contributed by atoms with Crippen LogP contribution in [0.4, 0.5) is 0 Å². The van der Waals surface area contributed by atoms with E-state index < -0.39 is 0 Å². The Hall–Kier alpha value is -0.0400. The zero-order valence-electron chi connectivity index (χ0n) is 9.47. The van der Waals surface area contributed by atoms with E-state index >= 15 is 0 Å². The van der Waals surface area contributed by atoms with Crippen LogP contribution in [0, 0.1) is 17.8 Å². The van der Waals surface area contributed by atoms with Crippen LogP contribution in [0.2, 0.25) is 0 Å². The minimum Gasteiger partial charge on any atom is -0.317 e. The van der Waals surface area contributed by atoms with Gasteiger partial charge in [-0.2, -0.15) is 0 Å². The highest BCUT2D eigenvalue weighted by Gasteiger charge is 2.35. The van der Waals surface area contributed by atoms with Crippen LogP contribution in [0.1, 0.15) is 46.5 Å². The lowest BCUT2D eigenvalue weighted by molar-refractivity contribution is 0.500. The second-order valence-corrected chi connectivity index (χ2v) is 4.89. The van der Waals surface area contributed by atoms with E-state index in [1.165, 1.54) is 32.2 Å². The molecule has 0 aromatic heterocycles. The van der Waals surface area contributed by atoms with E-state index in [0.717, 1.165) is 24.3 Å². The van der Waals surface area contributed by atoms with Gasteiger partial charge in [-0.15, -0.1) is 0 Å². The summed E-state index contributed by atoms with van der Waals surface area (Å²) in [5.74, 6) is 2.98. The zero-order chi connectivity index (χ0) is 9.68. The first-order valence-electron chi connectivity index (χ1n) is 5.94. The van der Waals surface area contributed by atoms with Crippen molar-refractivity contribution in [1.29, 1.82) is 0 Å². The largest absolute Gasteiger partial charge is 0.317 e. The molecule has 0 saturated heterocycles. The van der Waals surface area contributed by atoms with Gasteiger partial charge in [0.25, 0.3) is 0 Å². The van der Waals surface area contributed by atoms with Crippen molar-refractivity contribution < 1.29 is 0 Å². The van der Waals surface area contributed by atoms with E-state index in [1.54, 1.807) is 0 Å². The topological polar surface area (TPSA) is 12.0 Å². The average molecular weight is 183 g/mol. The quantitative estimate of drug-likeness (QED) is 0.639. The van der Waals surface area contributed by atoms with E-state index in [9.17, 15) is 0 Å². The van der Waals surface area contributed by atoms with Gasteiger partial charge in [0, 0.05) is 0 Å². The molecule has 1 rings (SSSR count). The fraction of sp³-hybridized carbons (Fsp3) is 1.00. The number of hydrogen-bond donors (Lipinski definition) is 1. The Bertz CT molecular complexity index is 131. The maximum Gasteiger partial charge on any atom is -0.00179 e. The third kappa shape index (κ3) is 4.66. The maximum absolute atomic E-state index is 3.44. The van der Waals surface area contributed by atoms with Crippen molar-refractivity contribution in [3.8, 4) is 0 Å². The van der Waals surface area contributed by atoms with Gasteiger partial charge in [-0.05, 0) is 37.3 Å². The van der Waals surface area contributed by atoms with Crippen molar-refractivity contribution in [3.05, 3.63) is 0 Å². The summed E-state index contributed by atoms with van der Waals surface area (Å²) in [4.78, 5) is 0. The first-order valence-corrected chi connectivity index (χ1v) is 5.94. The fourth-order valence-corrected chi connectivity index (χ4v) is 2.03. The molecule has 1 aliphatic carbocycles. The lowest BCUT2D eigenvalue weighted by Crippen LogP contribution is -2.16. The summed E-state index contributed by atoms with van der Waals surface area (Å²) < 4.78 is 0. The highest BCUT2D eigenvalue weighted by Crippen LogP contribution is 2.41. The Balaban J connectivity index is 1.89. The zero-order valence-corrected chi connectivity index (χ0v) is 9.47. The van der Waals surface area contributed by atoms with Crippen LogP contribution in [0.15, 0.2) is 0 Å². The van der Waals surface area contributed by atoms with E-state index in [-0.39, 0.29) is 0 Å². The number of rotatable bonds is 7. The molecular weight excluding hydrogens is 158 g/mol. The minimum atomic E-state index is 0.894. The molecule has 1 heteroatoms. The van der Waals surface area contributed by atoms with Gasteiger partial charge in [0.15, 0.2) is 0 Å². The van der Waals surface area contributed by atoms with Gasteiger partial charge >= 0.3 is 0 Å². The highest BCUT2D eigenvalue weighted by atomic mass is 14.9. The van der Waals surface area contributed by atoms with Crippen LogP contribution in [-0.4, -0.2) is 13.1 Å². The number of hydrogen-bond acceptors (Lipinski definition) is 1. The Kier molecular flexibility index (Phi) is 4.79. The summed E-state index contributed by atoms with van der Waals surface area (Å²) in [6.07, 6.45) is 5.84. The lowest BCUT2D eigenvalue weighted by Gasteiger charge is -2.04. The van der Waals surface area contributed by atoms with Gasteiger partial charge in [-0.1, -0.05) is 40.0 Å². The molecule has 0 aromatic carbocycles. The average Bonchev–Trinajstić information content (AvgIpc) is 2.80. The van der Waals surface area contributed by atoms with Crippen LogP contribution in [0.3, 0.4) is 0 Å². The molecule has 1 aliphatic rings. The Morgan fingerprint density at radius 1 is 1.31 bits per heavy atom. The van der Waals surface area contributed by atoms with E-state index in [0.29, 0.717) is 0 Å². The summed E-state index contributed by atoms with van der Waals surface area (Å²) in [6.45, 7) is 9.24. The third-order valence-electron chi connectivity index (χ3n) is 3.08. The monoisotopic (exact) mass is 183 g/mol. The van der Waals surface area contributed by atoms with E-state index in [2.05, 4.69) is 26.1 Å². The van der Waals surface area contributed by atoms with Crippen molar-refractivity contribution >= 4 is 0 Å². The van der Waals surface area contributed by atoms with Crippen molar-refractivity contribution in [2.45, 2.75) is 46.5 Å². The second-order valence-electron chi connectivity index (χ2n) is 4.89. The summed E-state index contributed by atoms with van der Waals surface area (Å²) in [5.41, 5.74) is 0. The summed E-state index contributed by atoms with van der Waals surface area (Å²) in [7, 11) is 0. The van der Waals surface area contributed by atoms with Gasteiger partial charge < -0.3 is 5.32 Å². The molecule has 78 valence electrons. The van der Waals surface area contributed by atoms with Crippen molar-refractivity contribution in [2.24, 2.45) is 17.8 Å². The molecular formula is C12H25N. The third-order valence-corrected chi connectivity index (χ3v) is 3.08. The van der Waals surface area contributed by atoms with Gasteiger partial charge in [0.05, 0.1) is 0 Å². The molecule has 1 N–H and O–H groups in total. The van der Waals surface area contributed by atoms with Crippen LogP contribution in [-0.2, 0) is 0 Å². The summed E-state index contributed by atoms with van der Waals surface area (Å²) in [6, 6.07) is 0. The SMILES string of the molecule is CCNC[C@@H]1C[C@H]1CCCC(C)C. The number of nitrogens with one attached hydrogen (secondary N) is 1. The lowest BCUT2D eigenvalue weighted by atomic mass is 10.0. The molecule has 0 amide bonds. The van der Waals surface area contributed by atoms with Crippen molar-refractivity contribution in [1.82, 2.24) is 5.32 Å². The molecule has 13 heavy (non-hydrogen) atoms. The first-order chi connectivity index (χ1) is 6.24. The van der Waals surface area contributed by atoms with Gasteiger partial charge in [0.1, 0.15) is 0 Å². The van der Waals surface area contributed by atoms with Crippen LogP contribution >= 0.6 is 0 Å². The van der Waals surface area contributed by atoms with Crippen LogP contribution < -0.4 is 5.32 Å².